The fourth-order valence-electron chi connectivity index (χ4n) is 10.0. The van der Waals surface area contributed by atoms with Gasteiger partial charge < -0.3 is 104 Å². The van der Waals surface area contributed by atoms with Gasteiger partial charge >= 0.3 is 17.9 Å². The summed E-state index contributed by atoms with van der Waals surface area (Å²) in [7, 11) is 1.26. The number of esters is 3. The van der Waals surface area contributed by atoms with Crippen LogP contribution in [0.4, 0.5) is 5.69 Å². The second-order valence-corrected chi connectivity index (χ2v) is 17.9. The Morgan fingerprint density at radius 1 is 0.746 bits per heavy atom. The van der Waals surface area contributed by atoms with Crippen LogP contribution in [0.25, 0.3) is 0 Å². The molecule has 5 heterocycles. The number of rotatable bonds is 12. The first kappa shape index (κ1) is 50.2. The van der Waals surface area contributed by atoms with Crippen LogP contribution in [0.15, 0.2) is 54.6 Å². The smallest absolute Gasteiger partial charge is 0.314 e. The van der Waals surface area contributed by atoms with E-state index in [1.165, 1.54) is 31.4 Å². The summed E-state index contributed by atoms with van der Waals surface area (Å²) >= 11 is 0. The second kappa shape index (κ2) is 19.7. The van der Waals surface area contributed by atoms with Crippen LogP contribution in [0.2, 0.25) is 0 Å². The Labute approximate surface area is 401 Å². The summed E-state index contributed by atoms with van der Waals surface area (Å²) in [5, 5.41) is 121. The van der Waals surface area contributed by atoms with E-state index in [2.05, 4.69) is 5.32 Å². The maximum Gasteiger partial charge on any atom is 0.314 e. The van der Waals surface area contributed by atoms with Crippen LogP contribution in [0.5, 0.6) is 23.0 Å². The summed E-state index contributed by atoms with van der Waals surface area (Å²) in [6, 6.07) is 13.0. The van der Waals surface area contributed by atoms with Gasteiger partial charge in [0.1, 0.15) is 80.9 Å². The first-order chi connectivity index (χ1) is 33.9. The Bertz CT molecular complexity index is 2520. The number of aliphatic hydroxyl groups excluding tert-OH is 9. The van der Waals surface area contributed by atoms with Gasteiger partial charge in [-0.3, -0.25) is 19.2 Å². The highest BCUT2D eigenvalue weighted by Crippen LogP contribution is 2.55. The number of carbonyl (C=O) groups is 4. The summed E-state index contributed by atoms with van der Waals surface area (Å²) in [5.41, 5.74) is 1.29. The molecule has 0 radical (unpaired) electrons. The predicted octanol–water partition coefficient (Wildman–Crippen LogP) is -3.46. The zero-order chi connectivity index (χ0) is 50.8. The van der Waals surface area contributed by atoms with E-state index in [0.717, 1.165) is 6.07 Å². The van der Waals surface area contributed by atoms with Gasteiger partial charge in [-0.1, -0.05) is 24.3 Å². The molecule has 3 aromatic carbocycles. The summed E-state index contributed by atoms with van der Waals surface area (Å²) < 4.78 is 51.1. The predicted molar refractivity (Wildman–Crippen MR) is 228 cm³/mol. The van der Waals surface area contributed by atoms with Crippen molar-refractivity contribution >= 4 is 29.5 Å². The average molecular weight is 1000 g/mol. The number of amides is 1. The number of hydrogen-bond acceptors (Lipinski definition) is 24. The Morgan fingerprint density at radius 3 is 2.15 bits per heavy atom. The third kappa shape index (κ3) is 8.89. The maximum absolute atomic E-state index is 14.7. The Balaban J connectivity index is 1.02. The standard InChI is InChI=1S/C46H51NO24/c1-63-24-8-16(6-7-22(24)50)30-19-10-25(66-44-38(58)37(57)34(54)27(68-44)13-64-29(52)11-20-17-4-2-3-5-21(17)47-41(20)60)23(51)9-18(19)31-32(30)42(61)65-14-28-35(55)40(69-43(31)62)46(15-49,70-28)71-45-39(59)36(56)33(53)26(12-48)67-45/h2-10,20,26-28,30-40,44-45,48-51,53-59H,11-15H2,1H3,(H,47,60)/t20-,26-,27-,28-,30-,31-,32+,33-,34-,35-,36+,37+,38-,39-,40+,44-,45-,46+/m1/s1. The van der Waals surface area contributed by atoms with Crippen LogP contribution < -0.4 is 14.8 Å². The van der Waals surface area contributed by atoms with E-state index in [0.29, 0.717) is 11.3 Å². The molecule has 0 spiro atoms. The van der Waals surface area contributed by atoms with Crippen LogP contribution >= 0.6 is 0 Å². The Kier molecular flexibility index (Phi) is 13.9. The van der Waals surface area contributed by atoms with Crippen molar-refractivity contribution in [1.82, 2.24) is 0 Å². The number of para-hydroxylation sites is 1. The molecule has 0 saturated carbocycles. The molecular formula is C46H51NO24. The van der Waals surface area contributed by atoms with Crippen LogP contribution in [0, 0.1) is 5.92 Å². The number of carbonyl (C=O) groups excluding carboxylic acids is 4. The van der Waals surface area contributed by atoms with E-state index in [9.17, 15) is 75.3 Å². The number of fused-ring (bicyclic) bond motifs is 6. The van der Waals surface area contributed by atoms with Gasteiger partial charge in [0, 0.05) is 11.6 Å². The Morgan fingerprint density at radius 2 is 1.44 bits per heavy atom. The van der Waals surface area contributed by atoms with Gasteiger partial charge in [0.15, 0.2) is 35.4 Å². The highest BCUT2D eigenvalue weighted by Gasteiger charge is 2.63. The van der Waals surface area contributed by atoms with Crippen molar-refractivity contribution in [3.8, 4) is 23.0 Å². The normalized spacial score (nSPS) is 37.4. The lowest BCUT2D eigenvalue weighted by Gasteiger charge is -2.43. The minimum Gasteiger partial charge on any atom is -0.504 e. The van der Waals surface area contributed by atoms with Crippen molar-refractivity contribution in [3.63, 3.8) is 0 Å². The molecule has 3 aromatic rings. The second-order valence-electron chi connectivity index (χ2n) is 17.9. The number of phenolic OH excluding ortho intramolecular Hbond substituents is 2. The van der Waals surface area contributed by atoms with Crippen molar-refractivity contribution in [2.45, 2.75) is 110 Å². The first-order valence-corrected chi connectivity index (χ1v) is 22.4. The minimum absolute atomic E-state index is 0.0653. The van der Waals surface area contributed by atoms with Crippen LogP contribution in [0.1, 0.15) is 46.4 Å². The third-order valence-electron chi connectivity index (χ3n) is 13.7. The third-order valence-corrected chi connectivity index (χ3v) is 13.7. The molecule has 25 heteroatoms. The van der Waals surface area contributed by atoms with Gasteiger partial charge in [0.25, 0.3) is 0 Å². The number of hydrogen-bond donors (Lipinski definition) is 12. The van der Waals surface area contributed by atoms with Gasteiger partial charge in [-0.15, -0.1) is 0 Å². The number of aromatic hydroxyl groups is 2. The van der Waals surface area contributed by atoms with Crippen molar-refractivity contribution < 1.29 is 118 Å². The van der Waals surface area contributed by atoms with E-state index >= 15 is 0 Å². The zero-order valence-electron chi connectivity index (χ0n) is 37.3. The minimum atomic E-state index is -2.63. The van der Waals surface area contributed by atoms with Crippen molar-refractivity contribution in [1.29, 1.82) is 0 Å². The molecule has 5 aliphatic heterocycles. The number of aliphatic hydroxyl groups is 9. The van der Waals surface area contributed by atoms with Crippen LogP contribution in [-0.2, 0) is 52.3 Å². The molecule has 12 N–H and O–H groups in total. The quantitative estimate of drug-likeness (QED) is 0.0620. The van der Waals surface area contributed by atoms with Crippen LogP contribution in [0.3, 0.4) is 0 Å². The lowest BCUT2D eigenvalue weighted by Crippen LogP contribution is -2.63. The molecule has 1 amide bonds. The van der Waals surface area contributed by atoms with Gasteiger partial charge in [0.2, 0.25) is 18.0 Å². The topological polar surface area (TPSA) is 386 Å². The lowest BCUT2D eigenvalue weighted by atomic mass is 9.82. The molecule has 0 aromatic heterocycles. The Hall–Kier alpha value is -5.78. The van der Waals surface area contributed by atoms with E-state index in [1.54, 1.807) is 24.3 Å². The number of ether oxygens (including phenoxy) is 9. The van der Waals surface area contributed by atoms with Crippen LogP contribution in [-0.4, -0.2) is 199 Å². The van der Waals surface area contributed by atoms with Crippen molar-refractivity contribution in [2.75, 3.05) is 38.9 Å². The molecule has 9 rings (SSSR count). The van der Waals surface area contributed by atoms with E-state index in [1.807, 2.05) is 0 Å². The zero-order valence-corrected chi connectivity index (χ0v) is 37.3. The monoisotopic (exact) mass is 1000 g/mol. The molecule has 0 unspecified atom stereocenters. The molecule has 2 bridgehead atoms. The molecule has 384 valence electrons. The van der Waals surface area contributed by atoms with E-state index in [-0.39, 0.29) is 34.6 Å². The molecule has 4 saturated heterocycles. The number of anilines is 1. The molecule has 71 heavy (non-hydrogen) atoms. The number of methoxy groups -OCH3 is 1. The molecule has 4 fully saturated rings. The van der Waals surface area contributed by atoms with Crippen molar-refractivity contribution in [2.24, 2.45) is 5.92 Å². The number of nitrogens with one attached hydrogen (secondary N) is 1. The van der Waals surface area contributed by atoms with E-state index < -0.39 is 171 Å². The SMILES string of the molecule is COc1cc([C@@H]2c3cc(O[C@@H]4O[C@H](COC(=O)C[C@H]5C(=O)Nc6ccccc65)[C@@H](O)[C@H](O)[C@H]4O)c(O)cc3[C@H]3C(=O)O[C@H]4[C@H](O)[C@@H](COC(=O)[C@@H]23)O[C@@]4(CO)O[C@H]2O[C@H](CO)[C@@H](O)[C@H](O)[C@H]2O)ccc1O. The first-order valence-electron chi connectivity index (χ1n) is 22.4. The molecule has 25 nitrogen and oxygen atoms in total. The molecule has 6 aliphatic rings. The summed E-state index contributed by atoms with van der Waals surface area (Å²) in [6.45, 7) is -3.57. The number of benzene rings is 3. The summed E-state index contributed by atoms with van der Waals surface area (Å²) in [4.78, 5) is 54.8. The fourth-order valence-corrected chi connectivity index (χ4v) is 10.0. The van der Waals surface area contributed by atoms with Crippen molar-refractivity contribution in [3.05, 3.63) is 76.9 Å². The van der Waals surface area contributed by atoms with E-state index in [4.69, 9.17) is 42.6 Å². The molecule has 18 atom stereocenters. The highest BCUT2D eigenvalue weighted by atomic mass is 16.8. The van der Waals surface area contributed by atoms with Gasteiger partial charge in [-0.2, -0.15) is 0 Å². The fraction of sp³-hybridized carbons (Fsp3) is 0.522. The van der Waals surface area contributed by atoms with Gasteiger partial charge in [-0.05, 0) is 52.6 Å². The summed E-state index contributed by atoms with van der Waals surface area (Å²) in [5.74, 6) is -13.4. The largest absolute Gasteiger partial charge is 0.504 e. The van der Waals surface area contributed by atoms with Gasteiger partial charge in [0.05, 0.1) is 37.9 Å². The highest BCUT2D eigenvalue weighted by molar-refractivity contribution is 6.04. The number of phenols is 2. The average Bonchev–Trinajstić information content (AvgIpc) is 3.95. The summed E-state index contributed by atoms with van der Waals surface area (Å²) in [6.07, 6.45) is -24.5. The molecular weight excluding hydrogens is 950 g/mol. The lowest BCUT2D eigenvalue weighted by molar-refractivity contribution is -0.383. The maximum atomic E-state index is 14.7. The molecule has 1 aliphatic carbocycles. The number of cyclic esters (lactones) is 1. The van der Waals surface area contributed by atoms with Gasteiger partial charge in [-0.25, -0.2) is 0 Å².